The molecule has 2 aromatic carbocycles. The smallest absolute Gasteiger partial charge is 0.321 e. The van der Waals surface area contributed by atoms with Crippen LogP contribution in [0.5, 0.6) is 5.75 Å². The van der Waals surface area contributed by atoms with Gasteiger partial charge in [-0.3, -0.25) is 4.79 Å². The summed E-state index contributed by atoms with van der Waals surface area (Å²) in [5.41, 5.74) is 2.53. The van der Waals surface area contributed by atoms with Crippen molar-refractivity contribution in [3.05, 3.63) is 59.7 Å². The first-order chi connectivity index (χ1) is 16.5. The monoisotopic (exact) mass is 466 g/mol. The molecular formula is C27H38N4O3. The first-order valence-electron chi connectivity index (χ1n) is 12.4. The summed E-state index contributed by atoms with van der Waals surface area (Å²) < 4.78 is 5.46. The summed E-state index contributed by atoms with van der Waals surface area (Å²) in [5, 5.41) is 6.02. The van der Waals surface area contributed by atoms with Crippen LogP contribution >= 0.6 is 0 Å². The van der Waals surface area contributed by atoms with Crippen LogP contribution in [0.4, 0.5) is 10.5 Å². The maximum Gasteiger partial charge on any atom is 0.321 e. The van der Waals surface area contributed by atoms with Gasteiger partial charge in [0.1, 0.15) is 5.75 Å². The van der Waals surface area contributed by atoms with Crippen LogP contribution in [-0.2, 0) is 0 Å². The third-order valence-electron chi connectivity index (χ3n) is 6.35. The number of hydrogen-bond acceptors (Lipinski definition) is 4. The van der Waals surface area contributed by atoms with E-state index in [0.29, 0.717) is 25.3 Å². The van der Waals surface area contributed by atoms with Gasteiger partial charge in [-0.1, -0.05) is 26.0 Å². The van der Waals surface area contributed by atoms with Crippen LogP contribution in [0.1, 0.15) is 55.5 Å². The first-order valence-corrected chi connectivity index (χ1v) is 12.4. The Hall–Kier alpha value is -3.06. The lowest BCUT2D eigenvalue weighted by Gasteiger charge is -2.33. The molecule has 184 valence electrons. The lowest BCUT2D eigenvalue weighted by molar-refractivity contribution is 0.0948. The molecule has 1 aliphatic rings. The molecule has 0 aliphatic carbocycles. The Bertz CT molecular complexity index is 928. The Kier molecular flexibility index (Phi) is 9.76. The minimum Gasteiger partial charge on any atom is -0.494 e. The molecule has 0 radical (unpaired) electrons. The Labute approximate surface area is 203 Å². The highest BCUT2D eigenvalue weighted by atomic mass is 16.5. The van der Waals surface area contributed by atoms with Crippen LogP contribution in [0.2, 0.25) is 0 Å². The van der Waals surface area contributed by atoms with Crippen LogP contribution in [-0.4, -0.2) is 67.6 Å². The van der Waals surface area contributed by atoms with Crippen molar-refractivity contribution >= 4 is 17.6 Å². The Morgan fingerprint density at radius 1 is 1.09 bits per heavy atom. The molecule has 1 saturated heterocycles. The maximum absolute atomic E-state index is 12.9. The number of nitrogens with one attached hydrogen (secondary N) is 2. The van der Waals surface area contributed by atoms with E-state index in [-0.39, 0.29) is 17.9 Å². The third-order valence-corrected chi connectivity index (χ3v) is 6.35. The number of ether oxygens (including phenoxy) is 1. The zero-order chi connectivity index (χ0) is 24.3. The topological polar surface area (TPSA) is 73.9 Å². The molecule has 0 bridgehead atoms. The number of benzene rings is 2. The van der Waals surface area contributed by atoms with E-state index in [1.165, 1.54) is 0 Å². The van der Waals surface area contributed by atoms with E-state index in [1.54, 1.807) is 0 Å². The van der Waals surface area contributed by atoms with Gasteiger partial charge in [0.25, 0.3) is 5.91 Å². The Morgan fingerprint density at radius 2 is 1.85 bits per heavy atom. The molecule has 1 heterocycles. The molecule has 3 rings (SSSR count). The van der Waals surface area contributed by atoms with E-state index in [0.717, 1.165) is 56.0 Å². The van der Waals surface area contributed by atoms with Crippen molar-refractivity contribution < 1.29 is 14.3 Å². The average Bonchev–Trinajstić information content (AvgIpc) is 2.88. The summed E-state index contributed by atoms with van der Waals surface area (Å²) in [5.74, 6) is 0.952. The van der Waals surface area contributed by atoms with Crippen LogP contribution in [0.25, 0.3) is 0 Å². The highest BCUT2D eigenvalue weighted by Crippen LogP contribution is 2.28. The number of carbonyl (C=O) groups is 2. The lowest BCUT2D eigenvalue weighted by atomic mass is 9.89. The van der Waals surface area contributed by atoms with Crippen molar-refractivity contribution in [2.75, 3.05) is 51.2 Å². The van der Waals surface area contributed by atoms with Gasteiger partial charge in [0, 0.05) is 43.3 Å². The average molecular weight is 467 g/mol. The van der Waals surface area contributed by atoms with Crippen LogP contribution in [0, 0.1) is 0 Å². The minimum absolute atomic E-state index is 0.0464. The van der Waals surface area contributed by atoms with Crippen molar-refractivity contribution in [1.82, 2.24) is 15.1 Å². The van der Waals surface area contributed by atoms with E-state index in [4.69, 9.17) is 4.74 Å². The highest BCUT2D eigenvalue weighted by molar-refractivity contribution is 5.94. The number of hydrogen-bond donors (Lipinski definition) is 2. The summed E-state index contributed by atoms with van der Waals surface area (Å²) in [6.07, 6.45) is 1.93. The zero-order valence-electron chi connectivity index (χ0n) is 20.7. The summed E-state index contributed by atoms with van der Waals surface area (Å²) in [7, 11) is 0. The van der Waals surface area contributed by atoms with Crippen molar-refractivity contribution in [1.29, 1.82) is 0 Å². The van der Waals surface area contributed by atoms with Crippen molar-refractivity contribution in [3.63, 3.8) is 0 Å². The number of carbonyl (C=O) groups excluding carboxylic acids is 2. The molecule has 2 aromatic rings. The molecule has 1 aliphatic heterocycles. The second-order valence-electron chi connectivity index (χ2n) is 8.58. The largest absolute Gasteiger partial charge is 0.494 e. The quantitative estimate of drug-likeness (QED) is 0.538. The molecular weight excluding hydrogens is 428 g/mol. The van der Waals surface area contributed by atoms with Gasteiger partial charge < -0.3 is 25.2 Å². The Balaban J connectivity index is 1.56. The van der Waals surface area contributed by atoms with E-state index in [1.807, 2.05) is 54.3 Å². The fraction of sp³-hybridized carbons (Fsp3) is 0.481. The van der Waals surface area contributed by atoms with Crippen molar-refractivity contribution in [2.24, 2.45) is 0 Å². The number of amides is 3. The second-order valence-corrected chi connectivity index (χ2v) is 8.58. The van der Waals surface area contributed by atoms with Gasteiger partial charge in [0.15, 0.2) is 0 Å². The molecule has 7 nitrogen and oxygen atoms in total. The predicted molar refractivity (Wildman–Crippen MR) is 137 cm³/mol. The second kappa shape index (κ2) is 13.0. The van der Waals surface area contributed by atoms with Gasteiger partial charge >= 0.3 is 6.03 Å². The minimum atomic E-state index is -0.0980. The van der Waals surface area contributed by atoms with Crippen LogP contribution in [0.15, 0.2) is 48.5 Å². The number of likely N-dealkylation sites (tertiary alicyclic amines) is 1. The fourth-order valence-electron chi connectivity index (χ4n) is 4.34. The highest BCUT2D eigenvalue weighted by Gasteiger charge is 2.25. The summed E-state index contributed by atoms with van der Waals surface area (Å²) in [4.78, 5) is 29.7. The summed E-state index contributed by atoms with van der Waals surface area (Å²) in [6.45, 7) is 11.6. The first kappa shape index (κ1) is 25.6. The van der Waals surface area contributed by atoms with E-state index in [2.05, 4.69) is 35.4 Å². The SMILES string of the molecule is CCOc1ccc(NC(=O)N2CCCC(c3cccc(C(=O)NCCN(CC)CC)c3)C2)cc1. The van der Waals surface area contributed by atoms with Crippen molar-refractivity contribution in [3.8, 4) is 5.75 Å². The maximum atomic E-state index is 12.9. The van der Waals surface area contributed by atoms with Gasteiger partial charge in [-0.2, -0.15) is 0 Å². The molecule has 0 spiro atoms. The molecule has 0 saturated carbocycles. The number of piperidine rings is 1. The summed E-state index contributed by atoms with van der Waals surface area (Å²) in [6, 6.07) is 15.2. The predicted octanol–water partition coefficient (Wildman–Crippen LogP) is 4.57. The number of anilines is 1. The standard InChI is InChI=1S/C27H38N4O3/c1-4-30(5-2)18-16-28-26(32)22-10-7-9-21(19-22)23-11-8-17-31(20-23)27(33)29-24-12-14-25(15-13-24)34-6-3/h7,9-10,12-15,19,23H,4-6,8,11,16-18,20H2,1-3H3,(H,28,32)(H,29,33). The molecule has 1 fully saturated rings. The Morgan fingerprint density at radius 3 is 2.56 bits per heavy atom. The molecule has 3 amide bonds. The third kappa shape index (κ3) is 7.22. The van der Waals surface area contributed by atoms with Crippen LogP contribution < -0.4 is 15.4 Å². The molecule has 1 unspecified atom stereocenters. The number of urea groups is 1. The number of likely N-dealkylation sites (N-methyl/N-ethyl adjacent to an activating group) is 1. The van der Waals surface area contributed by atoms with E-state index >= 15 is 0 Å². The molecule has 7 heteroatoms. The molecule has 1 atom stereocenters. The lowest BCUT2D eigenvalue weighted by Crippen LogP contribution is -2.41. The van der Waals surface area contributed by atoms with E-state index < -0.39 is 0 Å². The molecule has 34 heavy (non-hydrogen) atoms. The summed E-state index contributed by atoms with van der Waals surface area (Å²) >= 11 is 0. The van der Waals surface area contributed by atoms with E-state index in [9.17, 15) is 9.59 Å². The van der Waals surface area contributed by atoms with Gasteiger partial charge in [-0.25, -0.2) is 4.79 Å². The fourth-order valence-corrected chi connectivity index (χ4v) is 4.34. The molecule has 0 aromatic heterocycles. The van der Waals surface area contributed by atoms with Gasteiger partial charge in [-0.05, 0) is 74.8 Å². The van der Waals surface area contributed by atoms with Gasteiger partial charge in [0.2, 0.25) is 0 Å². The van der Waals surface area contributed by atoms with Crippen LogP contribution in [0.3, 0.4) is 0 Å². The van der Waals surface area contributed by atoms with Gasteiger partial charge in [0.05, 0.1) is 6.61 Å². The molecule has 2 N–H and O–H groups in total. The normalized spacial score (nSPS) is 15.8. The number of nitrogens with zero attached hydrogens (tertiary/aromatic N) is 2. The number of rotatable bonds is 10. The van der Waals surface area contributed by atoms with Crippen molar-refractivity contribution in [2.45, 2.75) is 39.5 Å². The van der Waals surface area contributed by atoms with Gasteiger partial charge in [-0.15, -0.1) is 0 Å². The zero-order valence-corrected chi connectivity index (χ0v) is 20.7.